The quantitative estimate of drug-likeness (QED) is 0.431. The van der Waals surface area contributed by atoms with Gasteiger partial charge in [-0.2, -0.15) is 4.31 Å². The Balaban J connectivity index is 1.34. The van der Waals surface area contributed by atoms with Gasteiger partial charge in [0.2, 0.25) is 10.0 Å². The van der Waals surface area contributed by atoms with Crippen LogP contribution in [0.5, 0.6) is 0 Å². The highest BCUT2D eigenvalue weighted by Gasteiger charge is 2.32. The van der Waals surface area contributed by atoms with E-state index in [1.165, 1.54) is 0 Å². The van der Waals surface area contributed by atoms with Crippen molar-refractivity contribution in [3.8, 4) is 5.69 Å². The first-order valence-electron chi connectivity index (χ1n) is 11.0. The average molecular weight is 497 g/mol. The first-order chi connectivity index (χ1) is 16.8. The van der Waals surface area contributed by atoms with Gasteiger partial charge in [-0.15, -0.1) is 0 Å². The lowest BCUT2D eigenvalue weighted by atomic mass is 10.1. The molecule has 0 atom stereocenters. The Labute approximate surface area is 201 Å². The zero-order chi connectivity index (χ0) is 24.7. The molecule has 1 amide bonds. The molecule has 10 heteroatoms. The molecule has 7 nitrogen and oxygen atoms in total. The maximum Gasteiger partial charge on any atom is 0.254 e. The van der Waals surface area contributed by atoms with Gasteiger partial charge in [-0.3, -0.25) is 9.36 Å². The number of carbonyl (C=O) groups is 1. The van der Waals surface area contributed by atoms with E-state index in [9.17, 15) is 22.0 Å². The summed E-state index contributed by atoms with van der Waals surface area (Å²) in [6.45, 7) is 2.12. The zero-order valence-electron chi connectivity index (χ0n) is 18.9. The highest BCUT2D eigenvalue weighted by molar-refractivity contribution is 7.89. The summed E-state index contributed by atoms with van der Waals surface area (Å²) in [4.78, 5) is 18.6. The van der Waals surface area contributed by atoms with Crippen molar-refractivity contribution in [2.75, 3.05) is 26.2 Å². The van der Waals surface area contributed by atoms with Gasteiger partial charge in [-0.25, -0.2) is 22.2 Å². The molecule has 0 spiro atoms. The molecule has 0 radical (unpaired) electrons. The highest BCUT2D eigenvalue weighted by Crippen LogP contribution is 2.25. The predicted octanol–water partition coefficient (Wildman–Crippen LogP) is 3.76. The van der Waals surface area contributed by atoms with E-state index in [2.05, 4.69) is 4.98 Å². The van der Waals surface area contributed by atoms with E-state index in [0.717, 1.165) is 33.5 Å². The third-order valence-electron chi connectivity index (χ3n) is 6.12. The molecule has 5 rings (SSSR count). The van der Waals surface area contributed by atoms with Crippen LogP contribution in [0.25, 0.3) is 16.7 Å². The number of piperazine rings is 1. The number of sulfonamides is 1. The monoisotopic (exact) mass is 496 g/mol. The number of aryl methyl sites for hydroxylation is 1. The van der Waals surface area contributed by atoms with Gasteiger partial charge in [-0.05, 0) is 55.5 Å². The fourth-order valence-electron chi connectivity index (χ4n) is 4.36. The molecule has 4 aromatic rings. The highest BCUT2D eigenvalue weighted by atomic mass is 32.2. The Hall–Kier alpha value is -3.63. The van der Waals surface area contributed by atoms with Crippen molar-refractivity contribution in [3.63, 3.8) is 0 Å². The molecule has 2 heterocycles. The van der Waals surface area contributed by atoms with Crippen LogP contribution in [0.2, 0.25) is 0 Å². The summed E-state index contributed by atoms with van der Waals surface area (Å²) >= 11 is 0. The van der Waals surface area contributed by atoms with Gasteiger partial charge < -0.3 is 4.90 Å². The van der Waals surface area contributed by atoms with E-state index in [1.807, 2.05) is 47.9 Å². The molecule has 180 valence electrons. The van der Waals surface area contributed by atoms with Gasteiger partial charge in [-0.1, -0.05) is 18.2 Å². The van der Waals surface area contributed by atoms with Crippen LogP contribution < -0.4 is 0 Å². The maximum atomic E-state index is 14.1. The molecular weight excluding hydrogens is 474 g/mol. The molecule has 1 fully saturated rings. The third kappa shape index (κ3) is 4.19. The smallest absolute Gasteiger partial charge is 0.254 e. The number of para-hydroxylation sites is 1. The molecule has 1 aliphatic rings. The first kappa shape index (κ1) is 23.1. The number of nitrogens with zero attached hydrogens (tertiary/aromatic N) is 4. The maximum absolute atomic E-state index is 14.1. The third-order valence-corrected chi connectivity index (χ3v) is 8.03. The van der Waals surface area contributed by atoms with Crippen molar-refractivity contribution in [2.45, 2.75) is 11.8 Å². The van der Waals surface area contributed by atoms with E-state index in [-0.39, 0.29) is 32.1 Å². The van der Waals surface area contributed by atoms with Gasteiger partial charge in [0.25, 0.3) is 5.91 Å². The standard InChI is InChI=1S/C25H22F2N4O3S/c1-17-28-22-15-18(7-10-23(22)31(17)20-5-3-2-4-6-20)25(32)29-11-13-30(14-12-29)35(33,34)24-16-19(26)8-9-21(24)27/h2-10,15-16H,11-14H2,1H3. The van der Waals surface area contributed by atoms with Crippen LogP contribution in [-0.4, -0.2) is 59.3 Å². The summed E-state index contributed by atoms with van der Waals surface area (Å²) in [7, 11) is -4.22. The van der Waals surface area contributed by atoms with Crippen molar-refractivity contribution in [1.82, 2.24) is 18.8 Å². The molecule has 0 bridgehead atoms. The van der Waals surface area contributed by atoms with Gasteiger partial charge in [0.1, 0.15) is 22.4 Å². The zero-order valence-corrected chi connectivity index (χ0v) is 19.7. The minimum atomic E-state index is -4.22. The van der Waals surface area contributed by atoms with Crippen LogP contribution in [0.3, 0.4) is 0 Å². The van der Waals surface area contributed by atoms with Crippen LogP contribution in [-0.2, 0) is 10.0 Å². The van der Waals surface area contributed by atoms with Crippen LogP contribution in [0.1, 0.15) is 16.2 Å². The number of halogens is 2. The molecule has 3 aromatic carbocycles. The first-order valence-corrected chi connectivity index (χ1v) is 12.5. The van der Waals surface area contributed by atoms with E-state index in [4.69, 9.17) is 0 Å². The normalized spacial score (nSPS) is 15.0. The second-order valence-corrected chi connectivity index (χ2v) is 10.2. The largest absolute Gasteiger partial charge is 0.336 e. The van der Waals surface area contributed by atoms with Crippen molar-refractivity contribution < 1.29 is 22.0 Å². The summed E-state index contributed by atoms with van der Waals surface area (Å²) < 4.78 is 56.3. The van der Waals surface area contributed by atoms with Gasteiger partial charge >= 0.3 is 0 Å². The second kappa shape index (κ2) is 8.86. The number of rotatable bonds is 4. The van der Waals surface area contributed by atoms with E-state index < -0.39 is 26.6 Å². The molecule has 0 saturated carbocycles. The number of hydrogen-bond donors (Lipinski definition) is 0. The molecular formula is C25H22F2N4O3S. The number of imidazole rings is 1. The van der Waals surface area contributed by atoms with Crippen LogP contribution in [0.15, 0.2) is 71.6 Å². The lowest BCUT2D eigenvalue weighted by Crippen LogP contribution is -2.50. The number of amides is 1. The lowest BCUT2D eigenvalue weighted by molar-refractivity contribution is 0.0698. The molecule has 0 N–H and O–H groups in total. The summed E-state index contributed by atoms with van der Waals surface area (Å²) in [5.41, 5.74) is 2.97. The Morgan fingerprint density at radius 2 is 1.63 bits per heavy atom. The molecule has 35 heavy (non-hydrogen) atoms. The minimum absolute atomic E-state index is 0.0198. The number of carbonyl (C=O) groups excluding carboxylic acids is 1. The van der Waals surface area contributed by atoms with Crippen molar-refractivity contribution in [3.05, 3.63) is 89.8 Å². The topological polar surface area (TPSA) is 75.5 Å². The van der Waals surface area contributed by atoms with Crippen molar-refractivity contribution in [1.29, 1.82) is 0 Å². The molecule has 1 saturated heterocycles. The fourth-order valence-corrected chi connectivity index (χ4v) is 5.86. The SMILES string of the molecule is Cc1nc2cc(C(=O)N3CCN(S(=O)(=O)c4cc(F)ccc4F)CC3)ccc2n1-c1ccccc1. The Kier molecular flexibility index (Phi) is 5.86. The molecule has 0 unspecified atom stereocenters. The molecule has 1 aliphatic heterocycles. The number of benzene rings is 3. The van der Waals surface area contributed by atoms with Crippen molar-refractivity contribution >= 4 is 27.0 Å². The van der Waals surface area contributed by atoms with Gasteiger partial charge in [0, 0.05) is 37.4 Å². The van der Waals surface area contributed by atoms with Crippen molar-refractivity contribution in [2.24, 2.45) is 0 Å². The lowest BCUT2D eigenvalue weighted by Gasteiger charge is -2.34. The Morgan fingerprint density at radius 3 is 2.34 bits per heavy atom. The number of aromatic nitrogens is 2. The van der Waals surface area contributed by atoms with E-state index in [0.29, 0.717) is 17.1 Å². The van der Waals surface area contributed by atoms with Crippen LogP contribution >= 0.6 is 0 Å². The van der Waals surface area contributed by atoms with Gasteiger partial charge in [0.15, 0.2) is 0 Å². The number of fused-ring (bicyclic) bond motifs is 1. The fraction of sp³-hybridized carbons (Fsp3) is 0.200. The summed E-state index contributed by atoms with van der Waals surface area (Å²) in [6.07, 6.45) is 0. The van der Waals surface area contributed by atoms with Gasteiger partial charge in [0.05, 0.1) is 11.0 Å². The summed E-state index contributed by atoms with van der Waals surface area (Å²) in [5, 5.41) is 0. The average Bonchev–Trinajstić information content (AvgIpc) is 3.20. The minimum Gasteiger partial charge on any atom is -0.336 e. The number of hydrogen-bond acceptors (Lipinski definition) is 4. The molecule has 1 aromatic heterocycles. The Bertz CT molecular complexity index is 1530. The van der Waals surface area contributed by atoms with Crippen LogP contribution in [0, 0.1) is 18.6 Å². The second-order valence-electron chi connectivity index (χ2n) is 8.30. The summed E-state index contributed by atoms with van der Waals surface area (Å²) in [6, 6.07) is 17.4. The Morgan fingerprint density at radius 1 is 0.914 bits per heavy atom. The summed E-state index contributed by atoms with van der Waals surface area (Å²) in [5.74, 6) is -1.30. The molecule has 0 aliphatic carbocycles. The predicted molar refractivity (Wildman–Crippen MR) is 127 cm³/mol. The van der Waals surface area contributed by atoms with Crippen LogP contribution in [0.4, 0.5) is 8.78 Å². The van der Waals surface area contributed by atoms with E-state index >= 15 is 0 Å². The van der Waals surface area contributed by atoms with E-state index in [1.54, 1.807) is 17.0 Å².